The van der Waals surface area contributed by atoms with Crippen molar-refractivity contribution in [2.75, 3.05) is 0 Å². The smallest absolute Gasteiger partial charge is 0.120 e. The standard InChI is InChI=1S/C18H19NO/c1-14(2)20-17-8-9-18-16(12-17)10-11-19(18)13-15-6-4-3-5-7-15/h3-12,14H,13H2,1-2H3. The van der Waals surface area contributed by atoms with Crippen LogP contribution in [0.4, 0.5) is 0 Å². The second-order valence-electron chi connectivity index (χ2n) is 5.32. The highest BCUT2D eigenvalue weighted by Gasteiger charge is 2.04. The van der Waals surface area contributed by atoms with Crippen LogP contribution in [0.25, 0.3) is 10.9 Å². The fourth-order valence-electron chi connectivity index (χ4n) is 2.44. The van der Waals surface area contributed by atoms with E-state index < -0.39 is 0 Å². The third kappa shape index (κ3) is 2.69. The zero-order valence-corrected chi connectivity index (χ0v) is 11.9. The van der Waals surface area contributed by atoms with Crippen LogP contribution in [-0.2, 0) is 6.54 Å². The van der Waals surface area contributed by atoms with E-state index in [9.17, 15) is 0 Å². The van der Waals surface area contributed by atoms with Crippen molar-refractivity contribution in [3.63, 3.8) is 0 Å². The van der Waals surface area contributed by atoms with Gasteiger partial charge in [-0.15, -0.1) is 0 Å². The molecule has 0 spiro atoms. The summed E-state index contributed by atoms with van der Waals surface area (Å²) in [5.74, 6) is 0.935. The highest BCUT2D eigenvalue weighted by Crippen LogP contribution is 2.23. The first-order chi connectivity index (χ1) is 9.72. The zero-order chi connectivity index (χ0) is 13.9. The van der Waals surface area contributed by atoms with E-state index in [0.29, 0.717) is 0 Å². The summed E-state index contributed by atoms with van der Waals surface area (Å²) in [7, 11) is 0. The van der Waals surface area contributed by atoms with Crippen molar-refractivity contribution in [1.29, 1.82) is 0 Å². The van der Waals surface area contributed by atoms with Crippen molar-refractivity contribution in [2.24, 2.45) is 0 Å². The number of nitrogens with zero attached hydrogens (tertiary/aromatic N) is 1. The van der Waals surface area contributed by atoms with Gasteiger partial charge in [0, 0.05) is 23.6 Å². The van der Waals surface area contributed by atoms with Crippen molar-refractivity contribution in [2.45, 2.75) is 26.5 Å². The number of fused-ring (bicyclic) bond motifs is 1. The Balaban J connectivity index is 1.90. The molecule has 102 valence electrons. The molecule has 0 fully saturated rings. The van der Waals surface area contributed by atoms with E-state index in [1.54, 1.807) is 0 Å². The predicted octanol–water partition coefficient (Wildman–Crippen LogP) is 4.48. The van der Waals surface area contributed by atoms with Gasteiger partial charge in [0.2, 0.25) is 0 Å². The Hall–Kier alpha value is -2.22. The van der Waals surface area contributed by atoms with Crippen molar-refractivity contribution < 1.29 is 4.74 Å². The van der Waals surface area contributed by atoms with Gasteiger partial charge in [-0.2, -0.15) is 0 Å². The lowest BCUT2D eigenvalue weighted by atomic mass is 10.2. The molecule has 0 atom stereocenters. The minimum Gasteiger partial charge on any atom is -0.491 e. The van der Waals surface area contributed by atoms with E-state index >= 15 is 0 Å². The summed E-state index contributed by atoms with van der Waals surface area (Å²) in [5, 5.41) is 1.22. The molecule has 0 radical (unpaired) electrons. The molecule has 0 aliphatic carbocycles. The van der Waals surface area contributed by atoms with Crippen molar-refractivity contribution in [1.82, 2.24) is 4.57 Å². The Bertz CT molecular complexity index is 698. The van der Waals surface area contributed by atoms with Gasteiger partial charge in [-0.25, -0.2) is 0 Å². The molecule has 0 saturated carbocycles. The summed E-state index contributed by atoms with van der Waals surface area (Å²) in [6.07, 6.45) is 2.34. The normalized spacial score (nSPS) is 11.2. The van der Waals surface area contributed by atoms with Gasteiger partial charge in [0.05, 0.1) is 6.10 Å². The van der Waals surface area contributed by atoms with E-state index in [2.05, 4.69) is 53.2 Å². The third-order valence-electron chi connectivity index (χ3n) is 3.31. The molecule has 0 amide bonds. The third-order valence-corrected chi connectivity index (χ3v) is 3.31. The van der Waals surface area contributed by atoms with Crippen LogP contribution >= 0.6 is 0 Å². The Morgan fingerprint density at radius 3 is 2.55 bits per heavy atom. The molecule has 2 heteroatoms. The maximum atomic E-state index is 5.74. The van der Waals surface area contributed by atoms with E-state index in [4.69, 9.17) is 4.74 Å². The predicted molar refractivity (Wildman–Crippen MR) is 83.2 cm³/mol. The van der Waals surface area contributed by atoms with Crippen LogP contribution in [0, 0.1) is 0 Å². The summed E-state index contributed by atoms with van der Waals surface area (Å²) in [4.78, 5) is 0. The van der Waals surface area contributed by atoms with E-state index in [-0.39, 0.29) is 6.10 Å². The van der Waals surface area contributed by atoms with Gasteiger partial charge in [-0.1, -0.05) is 30.3 Å². The van der Waals surface area contributed by atoms with Gasteiger partial charge < -0.3 is 9.30 Å². The summed E-state index contributed by atoms with van der Waals surface area (Å²) in [6, 6.07) is 18.9. The van der Waals surface area contributed by atoms with E-state index in [1.165, 1.54) is 16.5 Å². The second kappa shape index (κ2) is 5.41. The molecular weight excluding hydrogens is 246 g/mol. The van der Waals surface area contributed by atoms with Crippen molar-refractivity contribution in [3.8, 4) is 5.75 Å². The Morgan fingerprint density at radius 2 is 1.80 bits per heavy atom. The highest BCUT2D eigenvalue weighted by atomic mass is 16.5. The van der Waals surface area contributed by atoms with Crippen LogP contribution in [0.2, 0.25) is 0 Å². The topological polar surface area (TPSA) is 14.2 Å². The first kappa shape index (κ1) is 12.8. The van der Waals surface area contributed by atoms with Crippen LogP contribution in [-0.4, -0.2) is 10.7 Å². The van der Waals surface area contributed by atoms with Gasteiger partial charge >= 0.3 is 0 Å². The molecular formula is C18H19NO. The monoisotopic (exact) mass is 265 g/mol. The fourth-order valence-corrected chi connectivity index (χ4v) is 2.44. The summed E-state index contributed by atoms with van der Waals surface area (Å²) >= 11 is 0. The molecule has 1 aromatic heterocycles. The van der Waals surface area contributed by atoms with E-state index in [1.807, 2.05) is 26.0 Å². The van der Waals surface area contributed by atoms with Crippen LogP contribution in [0.1, 0.15) is 19.4 Å². The van der Waals surface area contributed by atoms with Crippen molar-refractivity contribution >= 4 is 10.9 Å². The Kier molecular flexibility index (Phi) is 3.46. The highest BCUT2D eigenvalue weighted by molar-refractivity contribution is 5.81. The van der Waals surface area contributed by atoms with Gasteiger partial charge in [-0.3, -0.25) is 0 Å². The van der Waals surface area contributed by atoms with Crippen molar-refractivity contribution in [3.05, 3.63) is 66.4 Å². The van der Waals surface area contributed by atoms with Crippen LogP contribution in [0.3, 0.4) is 0 Å². The molecule has 3 aromatic rings. The number of ether oxygens (including phenoxy) is 1. The zero-order valence-electron chi connectivity index (χ0n) is 11.9. The Labute approximate surface area is 119 Å². The van der Waals surface area contributed by atoms with Gasteiger partial charge in [0.1, 0.15) is 5.75 Å². The average Bonchev–Trinajstić information content (AvgIpc) is 2.82. The summed E-state index contributed by atoms with van der Waals surface area (Å²) < 4.78 is 8.01. The molecule has 0 aliphatic heterocycles. The number of benzene rings is 2. The SMILES string of the molecule is CC(C)Oc1ccc2c(ccn2Cc2ccccc2)c1. The van der Waals surface area contributed by atoms with Gasteiger partial charge in [-0.05, 0) is 43.7 Å². The molecule has 3 rings (SSSR count). The van der Waals surface area contributed by atoms with Crippen LogP contribution < -0.4 is 4.74 Å². The summed E-state index contributed by atoms with van der Waals surface area (Å²) in [6.45, 7) is 4.99. The number of hydrogen-bond donors (Lipinski definition) is 0. The quantitative estimate of drug-likeness (QED) is 0.678. The minimum atomic E-state index is 0.207. The van der Waals surface area contributed by atoms with Crippen LogP contribution in [0.5, 0.6) is 5.75 Å². The molecule has 0 saturated heterocycles. The number of hydrogen-bond acceptors (Lipinski definition) is 1. The Morgan fingerprint density at radius 1 is 1.00 bits per heavy atom. The largest absolute Gasteiger partial charge is 0.491 e. The van der Waals surface area contributed by atoms with Crippen LogP contribution in [0.15, 0.2) is 60.8 Å². The van der Waals surface area contributed by atoms with Gasteiger partial charge in [0.25, 0.3) is 0 Å². The molecule has 2 aromatic carbocycles. The summed E-state index contributed by atoms with van der Waals surface area (Å²) in [5.41, 5.74) is 2.55. The van der Waals surface area contributed by atoms with Gasteiger partial charge in [0.15, 0.2) is 0 Å². The lowest BCUT2D eigenvalue weighted by molar-refractivity contribution is 0.243. The average molecular weight is 265 g/mol. The molecule has 20 heavy (non-hydrogen) atoms. The molecule has 1 heterocycles. The molecule has 0 unspecified atom stereocenters. The molecule has 0 N–H and O–H groups in total. The molecule has 0 aliphatic rings. The first-order valence-corrected chi connectivity index (χ1v) is 7.02. The number of rotatable bonds is 4. The van der Waals surface area contributed by atoms with E-state index in [0.717, 1.165) is 12.3 Å². The maximum absolute atomic E-state index is 5.74. The second-order valence-corrected chi connectivity index (χ2v) is 5.32. The number of aromatic nitrogens is 1. The lowest BCUT2D eigenvalue weighted by Crippen LogP contribution is -2.05. The molecule has 2 nitrogen and oxygen atoms in total. The molecule has 0 bridgehead atoms. The maximum Gasteiger partial charge on any atom is 0.120 e. The lowest BCUT2D eigenvalue weighted by Gasteiger charge is -2.10. The first-order valence-electron chi connectivity index (χ1n) is 7.02. The minimum absolute atomic E-state index is 0.207. The fraction of sp³-hybridized carbons (Fsp3) is 0.222.